The molecule has 0 spiro atoms. The average Bonchev–Trinajstić information content (AvgIpc) is 2.86. The lowest BCUT2D eigenvalue weighted by Crippen LogP contribution is -2.26. The van der Waals surface area contributed by atoms with Gasteiger partial charge < -0.3 is 10.6 Å². The number of hydrogen-bond donors (Lipinski definition) is 2. The van der Waals surface area contributed by atoms with Crippen molar-refractivity contribution < 1.29 is 9.59 Å². The summed E-state index contributed by atoms with van der Waals surface area (Å²) >= 11 is 0. The zero-order valence-electron chi connectivity index (χ0n) is 20.7. The molecule has 5 rings (SSSR count). The molecule has 180 valence electrons. The van der Waals surface area contributed by atoms with Crippen LogP contribution < -0.4 is 10.6 Å². The fourth-order valence-corrected chi connectivity index (χ4v) is 6.11. The van der Waals surface area contributed by atoms with E-state index in [-0.39, 0.29) is 11.6 Å². The standard InChI is InChI=1S/C30H38N2O2/c1-19-9-13-21(14-10-19)17-31-25-7-3-5-23-27(25)29(33)24-6-4-8-26(28(24)30(23)34)32-18-22-15-11-20(2)12-16-22/h3-8,19-22,31-32H,9-18H2,1-2H3. The largest absolute Gasteiger partial charge is 0.384 e. The van der Waals surface area contributed by atoms with Crippen LogP contribution in [-0.4, -0.2) is 24.7 Å². The number of benzene rings is 2. The van der Waals surface area contributed by atoms with Crippen LogP contribution >= 0.6 is 0 Å². The van der Waals surface area contributed by atoms with Gasteiger partial charge in [-0.15, -0.1) is 0 Å². The Labute approximate surface area is 203 Å². The third kappa shape index (κ3) is 4.64. The number of hydrogen-bond acceptors (Lipinski definition) is 4. The first kappa shape index (κ1) is 23.1. The first-order valence-electron chi connectivity index (χ1n) is 13.3. The van der Waals surface area contributed by atoms with Crippen molar-refractivity contribution in [3.63, 3.8) is 0 Å². The van der Waals surface area contributed by atoms with E-state index in [1.165, 1.54) is 51.4 Å². The Morgan fingerprint density at radius 2 is 1.00 bits per heavy atom. The van der Waals surface area contributed by atoms with Gasteiger partial charge in [0, 0.05) is 35.6 Å². The maximum atomic E-state index is 13.6. The number of carbonyl (C=O) groups is 2. The molecule has 2 fully saturated rings. The SMILES string of the molecule is CC1CCC(CNc2cccc3c2C(=O)c2cccc(NCC4CCC(C)CC4)c2C3=O)CC1. The van der Waals surface area contributed by atoms with Crippen LogP contribution in [0.4, 0.5) is 11.4 Å². The summed E-state index contributed by atoms with van der Waals surface area (Å²) in [6.45, 7) is 6.38. The van der Waals surface area contributed by atoms with E-state index < -0.39 is 0 Å². The Balaban J connectivity index is 1.35. The van der Waals surface area contributed by atoms with E-state index in [1.54, 1.807) is 0 Å². The van der Waals surface area contributed by atoms with Crippen LogP contribution in [-0.2, 0) is 0 Å². The molecule has 0 unspecified atom stereocenters. The van der Waals surface area contributed by atoms with Crippen LogP contribution in [0.3, 0.4) is 0 Å². The van der Waals surface area contributed by atoms with E-state index >= 15 is 0 Å². The highest BCUT2D eigenvalue weighted by Crippen LogP contribution is 2.37. The summed E-state index contributed by atoms with van der Waals surface area (Å²) in [4.78, 5) is 27.3. The van der Waals surface area contributed by atoms with Crippen molar-refractivity contribution in [2.45, 2.75) is 65.2 Å². The van der Waals surface area contributed by atoms with E-state index in [4.69, 9.17) is 0 Å². The molecule has 0 aliphatic heterocycles. The van der Waals surface area contributed by atoms with Crippen molar-refractivity contribution in [2.24, 2.45) is 23.7 Å². The minimum absolute atomic E-state index is 0.0416. The fourth-order valence-electron chi connectivity index (χ4n) is 6.11. The lowest BCUT2D eigenvalue weighted by molar-refractivity contribution is 0.0980. The summed E-state index contributed by atoms with van der Waals surface area (Å²) in [6, 6.07) is 11.3. The number of ketones is 2. The third-order valence-electron chi connectivity index (χ3n) is 8.51. The highest BCUT2D eigenvalue weighted by Gasteiger charge is 2.34. The summed E-state index contributed by atoms with van der Waals surface area (Å²) in [5, 5.41) is 7.07. The van der Waals surface area contributed by atoms with Gasteiger partial charge in [0.15, 0.2) is 11.6 Å². The highest BCUT2D eigenvalue weighted by molar-refractivity contribution is 6.31. The van der Waals surface area contributed by atoms with Gasteiger partial charge in [-0.3, -0.25) is 9.59 Å². The summed E-state index contributed by atoms with van der Waals surface area (Å²) < 4.78 is 0. The predicted molar refractivity (Wildman–Crippen MR) is 139 cm³/mol. The smallest absolute Gasteiger partial charge is 0.196 e. The molecule has 0 aromatic heterocycles. The van der Waals surface area contributed by atoms with E-state index in [0.29, 0.717) is 34.1 Å². The second kappa shape index (κ2) is 9.93. The van der Waals surface area contributed by atoms with Crippen LogP contribution in [0.5, 0.6) is 0 Å². The van der Waals surface area contributed by atoms with Crippen molar-refractivity contribution in [1.82, 2.24) is 0 Å². The summed E-state index contributed by atoms with van der Waals surface area (Å²) in [7, 11) is 0. The normalized spacial score (nSPS) is 26.5. The van der Waals surface area contributed by atoms with E-state index in [9.17, 15) is 9.59 Å². The quantitative estimate of drug-likeness (QED) is 0.420. The van der Waals surface area contributed by atoms with Gasteiger partial charge in [0.25, 0.3) is 0 Å². The van der Waals surface area contributed by atoms with Gasteiger partial charge in [-0.2, -0.15) is 0 Å². The molecule has 4 heteroatoms. The van der Waals surface area contributed by atoms with Gasteiger partial charge in [0.1, 0.15) is 0 Å². The molecule has 0 heterocycles. The fraction of sp³-hybridized carbons (Fsp3) is 0.533. The second-order valence-corrected chi connectivity index (χ2v) is 11.1. The zero-order valence-corrected chi connectivity index (χ0v) is 20.7. The molecule has 3 aliphatic rings. The van der Waals surface area contributed by atoms with Gasteiger partial charge >= 0.3 is 0 Å². The number of rotatable bonds is 6. The molecule has 3 aliphatic carbocycles. The lowest BCUT2D eigenvalue weighted by atomic mass is 9.81. The minimum Gasteiger partial charge on any atom is -0.384 e. The molecule has 0 saturated heterocycles. The van der Waals surface area contributed by atoms with Crippen LogP contribution in [0.25, 0.3) is 0 Å². The number of anilines is 2. The zero-order chi connectivity index (χ0) is 23.7. The molecule has 2 aromatic rings. The number of carbonyl (C=O) groups excluding carboxylic acids is 2. The van der Waals surface area contributed by atoms with Gasteiger partial charge in [-0.1, -0.05) is 63.8 Å². The maximum absolute atomic E-state index is 13.6. The maximum Gasteiger partial charge on any atom is 0.196 e. The first-order chi connectivity index (χ1) is 16.5. The summed E-state index contributed by atoms with van der Waals surface area (Å²) in [5.41, 5.74) is 3.75. The number of nitrogens with one attached hydrogen (secondary N) is 2. The topological polar surface area (TPSA) is 58.2 Å². The Morgan fingerprint density at radius 3 is 1.38 bits per heavy atom. The molecule has 34 heavy (non-hydrogen) atoms. The van der Waals surface area contributed by atoms with Gasteiger partial charge in [0.05, 0.1) is 11.1 Å². The van der Waals surface area contributed by atoms with Crippen LogP contribution in [0.2, 0.25) is 0 Å². The van der Waals surface area contributed by atoms with E-state index in [0.717, 1.165) is 36.3 Å². The molecular weight excluding hydrogens is 420 g/mol. The Bertz CT molecular complexity index is 974. The summed E-state index contributed by atoms with van der Waals surface area (Å²) in [5.74, 6) is 2.82. The average molecular weight is 459 g/mol. The molecule has 0 bridgehead atoms. The molecule has 0 atom stereocenters. The third-order valence-corrected chi connectivity index (χ3v) is 8.51. The van der Waals surface area contributed by atoms with E-state index in [2.05, 4.69) is 24.5 Å². The van der Waals surface area contributed by atoms with Crippen LogP contribution in [0.1, 0.15) is 97.1 Å². The molecule has 2 aromatic carbocycles. The van der Waals surface area contributed by atoms with Crippen molar-refractivity contribution in [3.8, 4) is 0 Å². The van der Waals surface area contributed by atoms with Gasteiger partial charge in [0.2, 0.25) is 0 Å². The molecule has 0 radical (unpaired) electrons. The van der Waals surface area contributed by atoms with Crippen molar-refractivity contribution in [3.05, 3.63) is 58.7 Å². The molecule has 0 amide bonds. The summed E-state index contributed by atoms with van der Waals surface area (Å²) in [6.07, 6.45) is 10.0. The van der Waals surface area contributed by atoms with Crippen molar-refractivity contribution in [1.29, 1.82) is 0 Å². The van der Waals surface area contributed by atoms with Crippen molar-refractivity contribution >= 4 is 22.9 Å². The number of fused-ring (bicyclic) bond motifs is 2. The van der Waals surface area contributed by atoms with Gasteiger partial charge in [-0.25, -0.2) is 0 Å². The van der Waals surface area contributed by atoms with Crippen molar-refractivity contribution in [2.75, 3.05) is 23.7 Å². The monoisotopic (exact) mass is 458 g/mol. The Kier molecular flexibility index (Phi) is 6.76. The molecule has 2 saturated carbocycles. The van der Waals surface area contributed by atoms with Crippen LogP contribution in [0, 0.1) is 23.7 Å². The highest BCUT2D eigenvalue weighted by atomic mass is 16.1. The Hall–Kier alpha value is -2.62. The first-order valence-corrected chi connectivity index (χ1v) is 13.3. The molecule has 4 nitrogen and oxygen atoms in total. The van der Waals surface area contributed by atoms with E-state index in [1.807, 2.05) is 36.4 Å². The second-order valence-electron chi connectivity index (χ2n) is 11.1. The van der Waals surface area contributed by atoms with Gasteiger partial charge in [-0.05, 0) is 61.5 Å². The lowest BCUT2D eigenvalue weighted by Gasteiger charge is -2.28. The minimum atomic E-state index is -0.0416. The molecular formula is C30H38N2O2. The Morgan fingerprint density at radius 1 is 0.618 bits per heavy atom. The molecule has 2 N–H and O–H groups in total. The van der Waals surface area contributed by atoms with Crippen LogP contribution in [0.15, 0.2) is 36.4 Å². The predicted octanol–water partition coefficient (Wildman–Crippen LogP) is 6.94.